The van der Waals surface area contributed by atoms with Crippen molar-refractivity contribution in [3.63, 3.8) is 0 Å². The Labute approximate surface area is 232 Å². The number of thioether (sulfide) groups is 1. The number of nitrogens with zero attached hydrogens (tertiary/aromatic N) is 5. The molecule has 8 nitrogen and oxygen atoms in total. The molecule has 0 bridgehead atoms. The van der Waals surface area contributed by atoms with Crippen LogP contribution in [0.1, 0.15) is 35.1 Å². The molecule has 3 aliphatic heterocycles. The van der Waals surface area contributed by atoms with Crippen LogP contribution in [0.25, 0.3) is 6.08 Å². The summed E-state index contributed by atoms with van der Waals surface area (Å²) in [6.07, 6.45) is 3.73. The first kappa shape index (κ1) is 26.6. The van der Waals surface area contributed by atoms with Gasteiger partial charge in [0.05, 0.1) is 17.6 Å². The summed E-state index contributed by atoms with van der Waals surface area (Å²) in [4.78, 5) is 33.2. The molecule has 4 heterocycles. The standard InChI is InChI=1S/C28H31N5O3S2/c1-19-22(15-24-27(35)33(28(37)38-24)18-21-9-6-14-36-21)25(30(2)26(34)23(19)16-29)32-12-10-31(11-13-32)17-20-7-4-3-5-8-20/h3-5,7-8,15,21H,6,9-14,17-18H2,1-2H3. The summed E-state index contributed by atoms with van der Waals surface area (Å²) >= 11 is 6.81. The molecule has 10 heteroatoms. The molecule has 5 rings (SSSR count). The minimum atomic E-state index is -0.324. The van der Waals surface area contributed by atoms with Crippen molar-refractivity contribution in [2.24, 2.45) is 7.05 Å². The first-order chi connectivity index (χ1) is 18.4. The minimum absolute atomic E-state index is 0.00377. The van der Waals surface area contributed by atoms with Gasteiger partial charge in [0.2, 0.25) is 0 Å². The number of amides is 1. The number of ether oxygens (including phenoxy) is 1. The van der Waals surface area contributed by atoms with Crippen LogP contribution >= 0.6 is 24.0 Å². The smallest absolute Gasteiger partial charge is 0.270 e. The zero-order valence-electron chi connectivity index (χ0n) is 21.7. The van der Waals surface area contributed by atoms with Crippen molar-refractivity contribution in [1.29, 1.82) is 5.26 Å². The molecule has 38 heavy (non-hydrogen) atoms. The van der Waals surface area contributed by atoms with Crippen LogP contribution in [-0.2, 0) is 23.1 Å². The Morgan fingerprint density at radius 3 is 2.58 bits per heavy atom. The molecular weight excluding hydrogens is 518 g/mol. The molecule has 3 aliphatic rings. The highest BCUT2D eigenvalue weighted by molar-refractivity contribution is 8.26. The van der Waals surface area contributed by atoms with Gasteiger partial charge in [-0.2, -0.15) is 5.26 Å². The van der Waals surface area contributed by atoms with Gasteiger partial charge >= 0.3 is 0 Å². The van der Waals surface area contributed by atoms with Crippen LogP contribution in [0.2, 0.25) is 0 Å². The van der Waals surface area contributed by atoms with E-state index in [4.69, 9.17) is 17.0 Å². The first-order valence-electron chi connectivity index (χ1n) is 12.9. The van der Waals surface area contributed by atoms with Crippen LogP contribution in [0.15, 0.2) is 40.0 Å². The molecule has 0 aliphatic carbocycles. The van der Waals surface area contributed by atoms with Gasteiger partial charge in [0.15, 0.2) is 0 Å². The maximum absolute atomic E-state index is 13.4. The Balaban J connectivity index is 1.44. The maximum Gasteiger partial charge on any atom is 0.270 e. The van der Waals surface area contributed by atoms with Crippen molar-refractivity contribution in [2.45, 2.75) is 32.4 Å². The highest BCUT2D eigenvalue weighted by atomic mass is 32.2. The topological polar surface area (TPSA) is 81.8 Å². The fourth-order valence-electron chi connectivity index (χ4n) is 5.33. The number of carbonyl (C=O) groups is 1. The zero-order chi connectivity index (χ0) is 26.8. The van der Waals surface area contributed by atoms with E-state index in [9.17, 15) is 14.9 Å². The van der Waals surface area contributed by atoms with Crippen molar-refractivity contribution in [1.82, 2.24) is 14.4 Å². The highest BCUT2D eigenvalue weighted by Crippen LogP contribution is 2.36. The van der Waals surface area contributed by atoms with Gasteiger partial charge in [-0.1, -0.05) is 54.3 Å². The van der Waals surface area contributed by atoms with Crippen molar-refractivity contribution >= 4 is 46.1 Å². The molecule has 1 unspecified atom stereocenters. The first-order valence-corrected chi connectivity index (χ1v) is 14.1. The molecule has 2 aromatic rings. The molecule has 3 saturated heterocycles. The quantitative estimate of drug-likeness (QED) is 0.401. The van der Waals surface area contributed by atoms with E-state index in [0.29, 0.717) is 27.9 Å². The lowest BCUT2D eigenvalue weighted by Gasteiger charge is -2.37. The average Bonchev–Trinajstić information content (AvgIpc) is 3.53. The van der Waals surface area contributed by atoms with E-state index in [2.05, 4.69) is 40.1 Å². The van der Waals surface area contributed by atoms with E-state index in [1.165, 1.54) is 17.3 Å². The average molecular weight is 550 g/mol. The van der Waals surface area contributed by atoms with Crippen LogP contribution in [0.3, 0.4) is 0 Å². The van der Waals surface area contributed by atoms with Crippen molar-refractivity contribution < 1.29 is 9.53 Å². The maximum atomic E-state index is 13.4. The van der Waals surface area contributed by atoms with Crippen molar-refractivity contribution in [2.75, 3.05) is 44.2 Å². The van der Waals surface area contributed by atoms with E-state index in [0.717, 1.165) is 56.9 Å². The van der Waals surface area contributed by atoms with Crippen LogP contribution in [0, 0.1) is 18.3 Å². The summed E-state index contributed by atoms with van der Waals surface area (Å²) in [5, 5.41) is 9.76. The van der Waals surface area contributed by atoms with E-state index >= 15 is 0 Å². The van der Waals surface area contributed by atoms with Gasteiger partial charge in [-0.05, 0) is 37.0 Å². The van der Waals surface area contributed by atoms with E-state index in [-0.39, 0.29) is 23.1 Å². The van der Waals surface area contributed by atoms with E-state index < -0.39 is 0 Å². The van der Waals surface area contributed by atoms with Gasteiger partial charge in [0.25, 0.3) is 11.5 Å². The second kappa shape index (κ2) is 11.4. The van der Waals surface area contributed by atoms with Gasteiger partial charge < -0.3 is 9.64 Å². The molecule has 0 radical (unpaired) electrons. The van der Waals surface area contributed by atoms with Gasteiger partial charge in [0, 0.05) is 51.9 Å². The fraction of sp³-hybridized carbons (Fsp3) is 0.429. The lowest BCUT2D eigenvalue weighted by atomic mass is 10.0. The fourth-order valence-corrected chi connectivity index (χ4v) is 6.59. The van der Waals surface area contributed by atoms with Crippen molar-refractivity contribution in [3.8, 4) is 6.07 Å². The van der Waals surface area contributed by atoms with E-state index in [1.54, 1.807) is 23.4 Å². The minimum Gasteiger partial charge on any atom is -0.376 e. The predicted octanol–water partition coefficient (Wildman–Crippen LogP) is 3.27. The Morgan fingerprint density at radius 2 is 1.92 bits per heavy atom. The second-order valence-corrected chi connectivity index (χ2v) is 11.6. The van der Waals surface area contributed by atoms with Crippen LogP contribution in [0.4, 0.5) is 5.82 Å². The molecule has 1 aromatic carbocycles. The molecule has 1 amide bonds. The molecule has 3 fully saturated rings. The summed E-state index contributed by atoms with van der Waals surface area (Å²) in [5.41, 5.74) is 2.35. The summed E-state index contributed by atoms with van der Waals surface area (Å²) < 4.78 is 7.78. The number of pyridine rings is 1. The molecule has 0 spiro atoms. The third-order valence-electron chi connectivity index (χ3n) is 7.45. The van der Waals surface area contributed by atoms with Crippen LogP contribution in [0.5, 0.6) is 0 Å². The Hall–Kier alpha value is -2.97. The Bertz CT molecular complexity index is 1370. The number of hydrogen-bond acceptors (Lipinski definition) is 8. The summed E-state index contributed by atoms with van der Waals surface area (Å²) in [6.45, 7) is 6.96. The summed E-state index contributed by atoms with van der Waals surface area (Å²) in [6, 6.07) is 12.5. The number of thiocarbonyl (C=S) groups is 1. The third kappa shape index (κ3) is 5.29. The summed E-state index contributed by atoms with van der Waals surface area (Å²) in [5.74, 6) is 0.580. The van der Waals surface area contributed by atoms with Gasteiger partial charge in [0.1, 0.15) is 21.8 Å². The Kier molecular flexibility index (Phi) is 8.00. The third-order valence-corrected chi connectivity index (χ3v) is 8.83. The molecule has 1 aromatic heterocycles. The van der Waals surface area contributed by atoms with E-state index in [1.807, 2.05) is 12.1 Å². The van der Waals surface area contributed by atoms with Gasteiger partial charge in [-0.15, -0.1) is 0 Å². The largest absolute Gasteiger partial charge is 0.376 e. The lowest BCUT2D eigenvalue weighted by Crippen LogP contribution is -2.48. The number of hydrogen-bond donors (Lipinski definition) is 0. The molecule has 198 valence electrons. The normalized spacial score (nSPS) is 21.5. The molecular formula is C28H31N5O3S2. The van der Waals surface area contributed by atoms with Crippen LogP contribution in [-0.4, -0.2) is 70.0 Å². The number of nitriles is 1. The predicted molar refractivity (Wildman–Crippen MR) is 154 cm³/mol. The monoisotopic (exact) mass is 549 g/mol. The number of benzene rings is 1. The summed E-state index contributed by atoms with van der Waals surface area (Å²) in [7, 11) is 1.70. The number of rotatable bonds is 6. The zero-order valence-corrected chi connectivity index (χ0v) is 23.3. The number of aromatic nitrogens is 1. The lowest BCUT2D eigenvalue weighted by molar-refractivity contribution is -0.123. The SMILES string of the molecule is Cc1c(C=C2SC(=S)N(CC3CCCO3)C2=O)c(N2CCN(Cc3ccccc3)CC2)n(C)c(=O)c1C#N. The molecule has 0 saturated carbocycles. The molecule has 0 N–H and O–H groups in total. The Morgan fingerprint density at radius 1 is 1.18 bits per heavy atom. The van der Waals surface area contributed by atoms with Gasteiger partial charge in [-0.3, -0.25) is 24.0 Å². The van der Waals surface area contributed by atoms with Crippen LogP contribution < -0.4 is 10.5 Å². The number of carbonyl (C=O) groups excluding carboxylic acids is 1. The van der Waals surface area contributed by atoms with Gasteiger partial charge in [-0.25, -0.2) is 0 Å². The molecule has 1 atom stereocenters. The number of anilines is 1. The van der Waals surface area contributed by atoms with Crippen molar-refractivity contribution in [3.05, 3.63) is 67.8 Å². The second-order valence-electron chi connectivity index (χ2n) is 9.89. The number of piperazine rings is 1. The highest BCUT2D eigenvalue weighted by Gasteiger charge is 2.35.